The van der Waals surface area contributed by atoms with Gasteiger partial charge >= 0.3 is 0 Å². The van der Waals surface area contributed by atoms with Crippen LogP contribution in [0, 0.1) is 6.92 Å². The smallest absolute Gasteiger partial charge is 0.252 e. The van der Waals surface area contributed by atoms with Gasteiger partial charge in [-0.2, -0.15) is 0 Å². The predicted octanol–water partition coefficient (Wildman–Crippen LogP) is 15.9. The maximum Gasteiger partial charge on any atom is 0.252 e. The van der Waals surface area contributed by atoms with Gasteiger partial charge in [0.2, 0.25) is 6.79 Å². The number of hydrogen-bond acceptors (Lipinski definition) is 6. The molecule has 0 amide bonds. The Labute approximate surface area is 423 Å². The maximum absolute atomic E-state index is 6.59. The lowest BCUT2D eigenvalue weighted by molar-refractivity contribution is 0.174. The first-order valence-corrected chi connectivity index (χ1v) is 25.2. The fourth-order valence-electron chi connectivity index (χ4n) is 11.9. The Morgan fingerprint density at radius 3 is 1.73 bits per heavy atom. The molecule has 6 nitrogen and oxygen atoms in total. The van der Waals surface area contributed by atoms with Crippen molar-refractivity contribution in [2.75, 3.05) is 16.6 Å². The van der Waals surface area contributed by atoms with E-state index >= 15 is 0 Å². The van der Waals surface area contributed by atoms with Crippen LogP contribution in [0.4, 0.5) is 34.1 Å². The van der Waals surface area contributed by atoms with Gasteiger partial charge in [-0.05, 0) is 153 Å². The summed E-state index contributed by atoms with van der Waals surface area (Å²) < 4.78 is 25.6. The van der Waals surface area contributed by atoms with Crippen molar-refractivity contribution in [3.63, 3.8) is 0 Å². The average Bonchev–Trinajstić information content (AvgIpc) is 4.16. The topological polar surface area (TPSA) is 51.2 Å². The number of anilines is 6. The Morgan fingerprint density at radius 1 is 0.438 bits per heavy atom. The Morgan fingerprint density at radius 2 is 1.03 bits per heavy atom. The third kappa shape index (κ3) is 6.37. The number of nitrogens with zero attached hydrogens (tertiary/aromatic N) is 2. The van der Waals surface area contributed by atoms with E-state index in [4.69, 9.17) is 18.3 Å². The van der Waals surface area contributed by atoms with E-state index in [1.807, 2.05) is 24.3 Å². The van der Waals surface area contributed by atoms with Crippen molar-refractivity contribution < 1.29 is 18.3 Å². The van der Waals surface area contributed by atoms with Crippen molar-refractivity contribution in [2.45, 2.75) is 33.1 Å². The van der Waals surface area contributed by atoms with Gasteiger partial charge in [-0.1, -0.05) is 136 Å². The highest BCUT2D eigenvalue weighted by molar-refractivity contribution is 7.00. The van der Waals surface area contributed by atoms with Crippen LogP contribution in [0.1, 0.15) is 31.9 Å². The zero-order valence-corrected chi connectivity index (χ0v) is 40.9. The van der Waals surface area contributed by atoms with Crippen LogP contribution >= 0.6 is 0 Å². The van der Waals surface area contributed by atoms with Gasteiger partial charge in [0.25, 0.3) is 6.71 Å². The molecule has 3 aliphatic heterocycles. The number of fused-ring (bicyclic) bond motifs is 12. The van der Waals surface area contributed by atoms with E-state index in [-0.39, 0.29) is 18.9 Å². The van der Waals surface area contributed by atoms with E-state index in [2.05, 4.69) is 213 Å². The van der Waals surface area contributed by atoms with Crippen LogP contribution in [-0.4, -0.2) is 13.5 Å². The largest absolute Gasteiger partial charge is 0.456 e. The van der Waals surface area contributed by atoms with Crippen molar-refractivity contribution in [3.8, 4) is 44.9 Å². The van der Waals surface area contributed by atoms with Crippen molar-refractivity contribution in [1.29, 1.82) is 0 Å². The van der Waals surface area contributed by atoms with Crippen molar-refractivity contribution in [1.82, 2.24) is 0 Å². The first-order valence-electron chi connectivity index (χ1n) is 25.2. The van der Waals surface area contributed by atoms with Gasteiger partial charge in [0.05, 0.1) is 11.4 Å². The molecule has 2 aromatic heterocycles. The number of rotatable bonds is 5. The molecule has 10 aromatic carbocycles. The van der Waals surface area contributed by atoms with Gasteiger partial charge in [0, 0.05) is 49.9 Å². The number of hydrogen-bond donors (Lipinski definition) is 0. The van der Waals surface area contributed by atoms with Crippen molar-refractivity contribution >= 4 is 101 Å². The standard InChI is InChI=1S/C66H47BN2O4/c1-39-32-56-63-57(33-39)69(54-30-23-45(66(2,3)4)37-51(54)41-12-6-5-7-13-41)64-52(28-31-60-65(64)71-38-70-60)67(63)53-34-42(44-21-27-50-48-15-9-11-17-59(48)73-62(50)36-44)22-29-55(53)68(56)46-24-18-40(19-25-46)43-20-26-49-47-14-8-10-16-58(47)72-61(49)35-43/h5-37H,38H2,1-4H3. The van der Waals surface area contributed by atoms with Crippen LogP contribution in [-0.2, 0) is 5.41 Å². The second-order valence-electron chi connectivity index (χ2n) is 20.8. The summed E-state index contributed by atoms with van der Waals surface area (Å²) in [5.74, 6) is 1.51. The molecule has 0 unspecified atom stereocenters. The number of ether oxygens (including phenoxy) is 2. The molecule has 0 saturated heterocycles. The minimum atomic E-state index is -0.156. The Bertz CT molecular complexity index is 4260. The number of benzene rings is 10. The number of furan rings is 2. The second kappa shape index (κ2) is 15.5. The summed E-state index contributed by atoms with van der Waals surface area (Å²) in [7, 11) is 0. The highest BCUT2D eigenvalue weighted by Gasteiger charge is 2.46. The Hall–Kier alpha value is -8.94. The summed E-state index contributed by atoms with van der Waals surface area (Å²) in [6.45, 7) is 9.08. The third-order valence-electron chi connectivity index (χ3n) is 15.4. The summed E-state index contributed by atoms with van der Waals surface area (Å²) in [6.07, 6.45) is 0. The normalized spacial score (nSPS) is 13.6. The molecule has 0 bridgehead atoms. The molecule has 0 aliphatic carbocycles. The van der Waals surface area contributed by atoms with Gasteiger partial charge in [-0.15, -0.1) is 0 Å². The van der Waals surface area contributed by atoms with E-state index < -0.39 is 0 Å². The zero-order valence-electron chi connectivity index (χ0n) is 40.9. The molecule has 3 aliphatic rings. The highest BCUT2D eigenvalue weighted by atomic mass is 16.7. The first-order chi connectivity index (χ1) is 35.7. The van der Waals surface area contributed by atoms with Gasteiger partial charge in [-0.3, -0.25) is 0 Å². The second-order valence-corrected chi connectivity index (χ2v) is 20.8. The monoisotopic (exact) mass is 942 g/mol. The van der Waals surface area contributed by atoms with Crippen LogP contribution in [0.25, 0.3) is 77.3 Å². The Balaban J connectivity index is 0.965. The molecule has 5 heterocycles. The quantitative estimate of drug-likeness (QED) is 0.160. The predicted molar refractivity (Wildman–Crippen MR) is 301 cm³/mol. The van der Waals surface area contributed by atoms with Crippen molar-refractivity contribution in [2.24, 2.45) is 0 Å². The molecule has 0 saturated carbocycles. The van der Waals surface area contributed by atoms with Gasteiger partial charge in [0.15, 0.2) is 11.5 Å². The Kier molecular flexibility index (Phi) is 8.90. The fraction of sp³-hybridized carbons (Fsp3) is 0.0909. The fourth-order valence-corrected chi connectivity index (χ4v) is 11.9. The molecule has 0 N–H and O–H groups in total. The maximum atomic E-state index is 6.59. The lowest BCUT2D eigenvalue weighted by Gasteiger charge is -2.45. The summed E-state index contributed by atoms with van der Waals surface area (Å²) in [4.78, 5) is 4.95. The molecular formula is C66H47BN2O4. The molecule has 0 fully saturated rings. The molecule has 0 radical (unpaired) electrons. The highest BCUT2D eigenvalue weighted by Crippen LogP contribution is 2.53. The van der Waals surface area contributed by atoms with Gasteiger partial charge in [-0.25, -0.2) is 0 Å². The SMILES string of the molecule is Cc1cc2c3c(c1)N(c1ccc(C(C)(C)C)cc1-c1ccccc1)c1c(ccc4c1OCO4)B3c1cc(-c3ccc4c(c3)oc3ccccc34)ccc1N2c1ccc(-c2ccc3c(c2)oc2ccccc23)cc1. The van der Waals surface area contributed by atoms with Gasteiger partial charge in [0.1, 0.15) is 22.3 Å². The van der Waals surface area contributed by atoms with E-state index in [1.54, 1.807) is 0 Å². The van der Waals surface area contributed by atoms with Crippen LogP contribution in [0.5, 0.6) is 11.5 Å². The minimum absolute atomic E-state index is 0.0692. The van der Waals surface area contributed by atoms with Gasteiger partial charge < -0.3 is 28.1 Å². The molecule has 348 valence electrons. The summed E-state index contributed by atoms with van der Waals surface area (Å²) in [5, 5.41) is 4.49. The average molecular weight is 943 g/mol. The molecule has 12 aromatic rings. The molecular weight excluding hydrogens is 896 g/mol. The summed E-state index contributed by atoms with van der Waals surface area (Å²) in [6, 6.07) is 72.7. The van der Waals surface area contributed by atoms with Crippen LogP contribution in [0.15, 0.2) is 209 Å². The molecule has 15 rings (SSSR count). The van der Waals surface area contributed by atoms with E-state index in [0.29, 0.717) is 0 Å². The number of aryl methyl sites for hydroxylation is 1. The molecule has 7 heteroatoms. The lowest BCUT2D eigenvalue weighted by atomic mass is 9.33. The first kappa shape index (κ1) is 41.8. The molecule has 0 atom stereocenters. The lowest BCUT2D eigenvalue weighted by Crippen LogP contribution is -2.61. The number of para-hydroxylation sites is 2. The minimum Gasteiger partial charge on any atom is -0.456 e. The summed E-state index contributed by atoms with van der Waals surface area (Å²) in [5.41, 5.74) is 22.7. The van der Waals surface area contributed by atoms with Crippen LogP contribution in [0.2, 0.25) is 0 Å². The molecule has 73 heavy (non-hydrogen) atoms. The molecule has 0 spiro atoms. The van der Waals surface area contributed by atoms with E-state index in [1.165, 1.54) is 16.5 Å². The zero-order chi connectivity index (χ0) is 48.7. The van der Waals surface area contributed by atoms with E-state index in [9.17, 15) is 0 Å². The van der Waals surface area contributed by atoms with Crippen LogP contribution in [0.3, 0.4) is 0 Å². The van der Waals surface area contributed by atoms with Crippen LogP contribution < -0.4 is 35.7 Å². The summed E-state index contributed by atoms with van der Waals surface area (Å²) >= 11 is 0. The van der Waals surface area contributed by atoms with E-state index in [0.717, 1.165) is 134 Å². The van der Waals surface area contributed by atoms with Crippen molar-refractivity contribution in [3.05, 3.63) is 211 Å². The third-order valence-corrected chi connectivity index (χ3v) is 15.4.